The van der Waals surface area contributed by atoms with Gasteiger partial charge in [0.2, 0.25) is 5.78 Å². The molecule has 1 aliphatic rings. The van der Waals surface area contributed by atoms with Crippen molar-refractivity contribution in [3.63, 3.8) is 0 Å². The van der Waals surface area contributed by atoms with Gasteiger partial charge in [-0.05, 0) is 41.5 Å². The van der Waals surface area contributed by atoms with Crippen molar-refractivity contribution < 1.29 is 23.8 Å². The average Bonchev–Trinajstić information content (AvgIpc) is 2.84. The van der Waals surface area contributed by atoms with E-state index in [0.29, 0.717) is 22.8 Å². The van der Waals surface area contributed by atoms with Gasteiger partial charge in [0.05, 0.1) is 32.5 Å². The standard InChI is InChI=1S/C27H25NO5/c1-28(2)18-10-8-16(9-11-18)6-7-17-12-20-24(22(13-17)32-4)27(30)25-21(26(20)29)14-19(31-3)15-23(25)33-5/h6-15H,1-5H3/b7-6+. The minimum Gasteiger partial charge on any atom is -0.497 e. The molecule has 168 valence electrons. The van der Waals surface area contributed by atoms with E-state index >= 15 is 0 Å². The van der Waals surface area contributed by atoms with Crippen LogP contribution in [0.4, 0.5) is 5.69 Å². The fraction of sp³-hybridized carbons (Fsp3) is 0.185. The summed E-state index contributed by atoms with van der Waals surface area (Å²) in [6.45, 7) is 0. The van der Waals surface area contributed by atoms with Gasteiger partial charge in [-0.3, -0.25) is 9.59 Å². The van der Waals surface area contributed by atoms with Crippen LogP contribution in [-0.2, 0) is 0 Å². The number of ether oxygens (including phenoxy) is 3. The fourth-order valence-electron chi connectivity index (χ4n) is 3.94. The fourth-order valence-corrected chi connectivity index (χ4v) is 3.94. The zero-order chi connectivity index (χ0) is 23.7. The minimum absolute atomic E-state index is 0.221. The lowest BCUT2D eigenvalue weighted by Gasteiger charge is -2.22. The maximum atomic E-state index is 13.4. The second kappa shape index (κ2) is 8.82. The van der Waals surface area contributed by atoms with Crippen molar-refractivity contribution in [2.75, 3.05) is 40.3 Å². The molecule has 4 rings (SSSR count). The molecule has 0 saturated heterocycles. The topological polar surface area (TPSA) is 65.1 Å². The number of methoxy groups -OCH3 is 3. The highest BCUT2D eigenvalue weighted by atomic mass is 16.5. The summed E-state index contributed by atoms with van der Waals surface area (Å²) in [5, 5.41) is 0. The molecule has 1 aliphatic carbocycles. The zero-order valence-corrected chi connectivity index (χ0v) is 19.3. The number of fused-ring (bicyclic) bond motifs is 2. The van der Waals surface area contributed by atoms with Gasteiger partial charge in [-0.25, -0.2) is 0 Å². The largest absolute Gasteiger partial charge is 0.497 e. The number of anilines is 1. The lowest BCUT2D eigenvalue weighted by Crippen LogP contribution is -2.23. The second-order valence-electron chi connectivity index (χ2n) is 7.88. The van der Waals surface area contributed by atoms with Gasteiger partial charge < -0.3 is 19.1 Å². The van der Waals surface area contributed by atoms with E-state index in [-0.39, 0.29) is 28.3 Å². The van der Waals surface area contributed by atoms with Gasteiger partial charge in [-0.15, -0.1) is 0 Å². The number of nitrogens with zero attached hydrogens (tertiary/aromatic N) is 1. The Morgan fingerprint density at radius 3 is 1.82 bits per heavy atom. The Hall–Kier alpha value is -4.06. The predicted octanol–water partition coefficient (Wildman–Crippen LogP) is 4.72. The maximum Gasteiger partial charge on any atom is 0.201 e. The Balaban J connectivity index is 1.78. The van der Waals surface area contributed by atoms with E-state index in [1.54, 1.807) is 24.3 Å². The molecule has 0 radical (unpaired) electrons. The van der Waals surface area contributed by atoms with Crippen LogP contribution in [0.5, 0.6) is 17.2 Å². The molecule has 0 aliphatic heterocycles. The van der Waals surface area contributed by atoms with Crippen molar-refractivity contribution in [3.8, 4) is 17.2 Å². The molecule has 33 heavy (non-hydrogen) atoms. The van der Waals surface area contributed by atoms with E-state index in [9.17, 15) is 9.59 Å². The normalized spacial score (nSPS) is 12.4. The van der Waals surface area contributed by atoms with E-state index in [2.05, 4.69) is 0 Å². The van der Waals surface area contributed by atoms with Crippen LogP contribution >= 0.6 is 0 Å². The summed E-state index contributed by atoms with van der Waals surface area (Å²) in [5.74, 6) is 0.489. The van der Waals surface area contributed by atoms with Crippen LogP contribution in [0.2, 0.25) is 0 Å². The molecule has 3 aromatic rings. The summed E-state index contributed by atoms with van der Waals surface area (Å²) in [5.41, 5.74) is 3.89. The molecule has 0 N–H and O–H groups in total. The molecule has 0 spiro atoms. The van der Waals surface area contributed by atoms with Crippen molar-refractivity contribution in [1.82, 2.24) is 0 Å². The van der Waals surface area contributed by atoms with Crippen molar-refractivity contribution >= 4 is 29.4 Å². The number of ketones is 2. The van der Waals surface area contributed by atoms with Gasteiger partial charge in [-0.1, -0.05) is 24.3 Å². The van der Waals surface area contributed by atoms with E-state index < -0.39 is 0 Å². The maximum absolute atomic E-state index is 13.4. The molecule has 0 unspecified atom stereocenters. The van der Waals surface area contributed by atoms with Crippen LogP contribution in [0.3, 0.4) is 0 Å². The Bertz CT molecular complexity index is 1270. The molecule has 0 aromatic heterocycles. The number of carbonyl (C=O) groups is 2. The first-order valence-electron chi connectivity index (χ1n) is 10.4. The monoisotopic (exact) mass is 443 g/mol. The van der Waals surface area contributed by atoms with E-state index in [0.717, 1.165) is 16.8 Å². The number of rotatable bonds is 6. The summed E-state index contributed by atoms with van der Waals surface area (Å²) in [4.78, 5) is 28.9. The van der Waals surface area contributed by atoms with Crippen LogP contribution in [0.25, 0.3) is 12.2 Å². The highest BCUT2D eigenvalue weighted by molar-refractivity contribution is 6.30. The molecular weight excluding hydrogens is 418 g/mol. The van der Waals surface area contributed by atoms with Crippen LogP contribution in [0.1, 0.15) is 43.0 Å². The summed E-state index contributed by atoms with van der Waals surface area (Å²) in [6, 6.07) is 14.8. The zero-order valence-electron chi connectivity index (χ0n) is 19.3. The van der Waals surface area contributed by atoms with E-state index in [1.807, 2.05) is 55.4 Å². The van der Waals surface area contributed by atoms with Gasteiger partial charge in [0.15, 0.2) is 5.78 Å². The Morgan fingerprint density at radius 2 is 1.24 bits per heavy atom. The van der Waals surface area contributed by atoms with Crippen LogP contribution < -0.4 is 19.1 Å². The quantitative estimate of drug-likeness (QED) is 0.402. The highest BCUT2D eigenvalue weighted by Gasteiger charge is 2.35. The second-order valence-corrected chi connectivity index (χ2v) is 7.88. The summed E-state index contributed by atoms with van der Waals surface area (Å²) in [6.07, 6.45) is 3.85. The third-order valence-electron chi connectivity index (χ3n) is 5.70. The molecule has 6 heteroatoms. The molecule has 0 saturated carbocycles. The van der Waals surface area contributed by atoms with E-state index in [4.69, 9.17) is 14.2 Å². The van der Waals surface area contributed by atoms with Crippen LogP contribution in [-0.4, -0.2) is 47.0 Å². The molecule has 0 bridgehead atoms. The Labute approximate surface area is 193 Å². The van der Waals surface area contributed by atoms with Crippen molar-refractivity contribution in [2.45, 2.75) is 0 Å². The minimum atomic E-state index is -0.314. The lowest BCUT2D eigenvalue weighted by molar-refractivity contribution is 0.0973. The van der Waals surface area contributed by atoms with Gasteiger partial charge in [0.1, 0.15) is 17.2 Å². The highest BCUT2D eigenvalue weighted by Crippen LogP contribution is 2.40. The summed E-state index contributed by atoms with van der Waals surface area (Å²) < 4.78 is 16.2. The predicted molar refractivity (Wildman–Crippen MR) is 129 cm³/mol. The lowest BCUT2D eigenvalue weighted by atomic mass is 9.82. The third-order valence-corrected chi connectivity index (χ3v) is 5.70. The molecular formula is C27H25NO5. The molecule has 0 atom stereocenters. The summed E-state index contributed by atoms with van der Waals surface area (Å²) >= 11 is 0. The number of hydrogen-bond acceptors (Lipinski definition) is 6. The Morgan fingerprint density at radius 1 is 0.667 bits per heavy atom. The smallest absolute Gasteiger partial charge is 0.201 e. The van der Waals surface area contributed by atoms with Crippen molar-refractivity contribution in [1.29, 1.82) is 0 Å². The summed E-state index contributed by atoms with van der Waals surface area (Å²) in [7, 11) is 8.43. The first kappa shape index (κ1) is 22.1. The number of carbonyl (C=O) groups excluding carboxylic acids is 2. The molecule has 0 fully saturated rings. The number of hydrogen-bond donors (Lipinski definition) is 0. The van der Waals surface area contributed by atoms with Crippen LogP contribution in [0, 0.1) is 0 Å². The Kier molecular flexibility index (Phi) is 5.92. The van der Waals surface area contributed by atoms with Gasteiger partial charge in [0, 0.05) is 37.0 Å². The van der Waals surface area contributed by atoms with E-state index in [1.165, 1.54) is 21.3 Å². The van der Waals surface area contributed by atoms with Crippen molar-refractivity contribution in [3.05, 3.63) is 81.9 Å². The first-order valence-corrected chi connectivity index (χ1v) is 10.4. The van der Waals surface area contributed by atoms with Crippen LogP contribution in [0.15, 0.2) is 48.5 Å². The van der Waals surface area contributed by atoms with Gasteiger partial charge >= 0.3 is 0 Å². The average molecular weight is 443 g/mol. The van der Waals surface area contributed by atoms with Gasteiger partial charge in [-0.2, -0.15) is 0 Å². The molecule has 0 amide bonds. The van der Waals surface area contributed by atoms with Crippen molar-refractivity contribution in [2.24, 2.45) is 0 Å². The molecule has 0 heterocycles. The molecule has 3 aromatic carbocycles. The first-order chi connectivity index (χ1) is 15.9. The number of benzene rings is 3. The third kappa shape index (κ3) is 3.96. The SMILES string of the molecule is COc1cc(OC)c2c(c1)C(=O)c1cc(/C=C/c3ccc(N(C)C)cc3)cc(OC)c1C2=O. The van der Waals surface area contributed by atoms with Gasteiger partial charge in [0.25, 0.3) is 0 Å². The molecule has 6 nitrogen and oxygen atoms in total.